The Kier molecular flexibility index (Phi) is 6.12. The summed E-state index contributed by atoms with van der Waals surface area (Å²) in [5.41, 5.74) is 2.31. The number of carbonyl (C=O) groups excluding carboxylic acids is 1. The van der Waals surface area contributed by atoms with Gasteiger partial charge < -0.3 is 10.1 Å². The van der Waals surface area contributed by atoms with Crippen LogP contribution < -0.4 is 10.1 Å². The molecule has 0 aliphatic heterocycles. The first-order valence-electron chi connectivity index (χ1n) is 8.63. The van der Waals surface area contributed by atoms with Crippen molar-refractivity contribution in [1.82, 2.24) is 15.3 Å². The predicted molar refractivity (Wildman–Crippen MR) is 99.1 cm³/mol. The molecule has 1 amide bonds. The van der Waals surface area contributed by atoms with Crippen LogP contribution in [-0.2, 0) is 5.41 Å². The summed E-state index contributed by atoms with van der Waals surface area (Å²) in [6, 6.07) is 9.79. The molecule has 0 saturated heterocycles. The van der Waals surface area contributed by atoms with E-state index in [1.807, 2.05) is 25.1 Å². The molecule has 0 fully saturated rings. The van der Waals surface area contributed by atoms with E-state index >= 15 is 0 Å². The molecular weight excluding hydrogens is 314 g/mol. The van der Waals surface area contributed by atoms with Gasteiger partial charge in [0.25, 0.3) is 5.91 Å². The molecular formula is C20H27N3O2. The number of aryl methyl sites for hydroxylation is 2. The molecule has 0 saturated carbocycles. The number of hydrogen-bond donors (Lipinski definition) is 1. The van der Waals surface area contributed by atoms with E-state index in [0.29, 0.717) is 18.1 Å². The Balaban J connectivity index is 2.06. The average Bonchev–Trinajstić information content (AvgIpc) is 2.60. The van der Waals surface area contributed by atoms with Crippen molar-refractivity contribution in [3.05, 3.63) is 53.1 Å². The van der Waals surface area contributed by atoms with Crippen molar-refractivity contribution in [2.75, 3.05) is 13.7 Å². The zero-order valence-corrected chi connectivity index (χ0v) is 15.7. The minimum atomic E-state index is -0.160. The second kappa shape index (κ2) is 8.10. The fraction of sp³-hybridized carbons (Fsp3) is 0.450. The van der Waals surface area contributed by atoms with Crippen LogP contribution in [-0.4, -0.2) is 29.5 Å². The summed E-state index contributed by atoms with van der Waals surface area (Å²) >= 11 is 0. The van der Waals surface area contributed by atoms with Crippen LogP contribution in [0.1, 0.15) is 54.3 Å². The summed E-state index contributed by atoms with van der Waals surface area (Å²) in [5.74, 6) is 1.34. The average molecular weight is 341 g/mol. The highest BCUT2D eigenvalue weighted by Crippen LogP contribution is 2.36. The fourth-order valence-electron chi connectivity index (χ4n) is 3.02. The summed E-state index contributed by atoms with van der Waals surface area (Å²) in [6.07, 6.45) is 1.77. The second-order valence-electron chi connectivity index (χ2n) is 6.56. The minimum absolute atomic E-state index is 0.0720. The van der Waals surface area contributed by atoms with Crippen LogP contribution in [0.2, 0.25) is 0 Å². The van der Waals surface area contributed by atoms with Crippen molar-refractivity contribution in [2.24, 2.45) is 0 Å². The standard InChI is InChI=1S/C20H27N3O2/c1-6-20(4,16-9-7-8-10-18(16)25-5)11-12-21-19(24)17-13-14(2)22-15(3)23-17/h7-10,13H,6,11-12H2,1-5H3,(H,21,24)/t20-/m0/s1. The molecule has 0 spiro atoms. The van der Waals surface area contributed by atoms with Gasteiger partial charge in [-0.05, 0) is 44.2 Å². The number of hydrogen-bond acceptors (Lipinski definition) is 4. The lowest BCUT2D eigenvalue weighted by Gasteiger charge is -2.30. The van der Waals surface area contributed by atoms with Gasteiger partial charge in [0.15, 0.2) is 0 Å². The fourth-order valence-corrected chi connectivity index (χ4v) is 3.02. The van der Waals surface area contributed by atoms with E-state index in [1.54, 1.807) is 20.1 Å². The van der Waals surface area contributed by atoms with E-state index < -0.39 is 0 Å². The Bertz CT molecular complexity index is 725. The van der Waals surface area contributed by atoms with Crippen LogP contribution in [0, 0.1) is 13.8 Å². The maximum absolute atomic E-state index is 12.4. The highest BCUT2D eigenvalue weighted by atomic mass is 16.5. The normalized spacial score (nSPS) is 13.2. The van der Waals surface area contributed by atoms with Crippen LogP contribution in [0.5, 0.6) is 5.75 Å². The third kappa shape index (κ3) is 4.56. The smallest absolute Gasteiger partial charge is 0.270 e. The van der Waals surface area contributed by atoms with E-state index in [-0.39, 0.29) is 11.3 Å². The molecule has 25 heavy (non-hydrogen) atoms. The minimum Gasteiger partial charge on any atom is -0.496 e. The topological polar surface area (TPSA) is 64.1 Å². The van der Waals surface area contributed by atoms with E-state index in [2.05, 4.69) is 35.2 Å². The lowest BCUT2D eigenvalue weighted by molar-refractivity contribution is 0.0945. The van der Waals surface area contributed by atoms with Gasteiger partial charge in [0, 0.05) is 17.8 Å². The number of aromatic nitrogens is 2. The molecule has 1 aromatic heterocycles. The molecule has 5 nitrogen and oxygen atoms in total. The van der Waals surface area contributed by atoms with Crippen LogP contribution in [0.15, 0.2) is 30.3 Å². The van der Waals surface area contributed by atoms with Crippen molar-refractivity contribution >= 4 is 5.91 Å². The monoisotopic (exact) mass is 341 g/mol. The first-order valence-corrected chi connectivity index (χ1v) is 8.63. The zero-order valence-electron chi connectivity index (χ0n) is 15.7. The van der Waals surface area contributed by atoms with Crippen molar-refractivity contribution < 1.29 is 9.53 Å². The van der Waals surface area contributed by atoms with E-state index in [9.17, 15) is 4.79 Å². The molecule has 0 bridgehead atoms. The van der Waals surface area contributed by atoms with Gasteiger partial charge in [-0.1, -0.05) is 32.0 Å². The number of ether oxygens (including phenoxy) is 1. The number of rotatable bonds is 7. The van der Waals surface area contributed by atoms with Crippen LogP contribution in [0.25, 0.3) is 0 Å². The molecule has 1 atom stereocenters. The molecule has 0 aliphatic carbocycles. The van der Waals surface area contributed by atoms with Crippen LogP contribution in [0.4, 0.5) is 0 Å². The molecule has 0 aliphatic rings. The van der Waals surface area contributed by atoms with Gasteiger partial charge in [0.2, 0.25) is 0 Å². The predicted octanol–water partition coefficient (Wildman–Crippen LogP) is 3.59. The van der Waals surface area contributed by atoms with E-state index in [0.717, 1.165) is 24.3 Å². The van der Waals surface area contributed by atoms with Crippen molar-refractivity contribution in [3.63, 3.8) is 0 Å². The van der Waals surface area contributed by atoms with Crippen LogP contribution in [0.3, 0.4) is 0 Å². The van der Waals surface area contributed by atoms with Gasteiger partial charge in [0.1, 0.15) is 17.3 Å². The number of para-hydroxylation sites is 1. The number of carbonyl (C=O) groups is 1. The number of methoxy groups -OCH3 is 1. The Morgan fingerprint density at radius 2 is 1.96 bits per heavy atom. The highest BCUT2D eigenvalue weighted by Gasteiger charge is 2.27. The Hall–Kier alpha value is -2.43. The quantitative estimate of drug-likeness (QED) is 0.836. The van der Waals surface area contributed by atoms with Gasteiger partial charge in [-0.15, -0.1) is 0 Å². The molecule has 1 aromatic carbocycles. The van der Waals surface area contributed by atoms with Gasteiger partial charge >= 0.3 is 0 Å². The molecule has 2 aromatic rings. The summed E-state index contributed by atoms with van der Waals surface area (Å²) < 4.78 is 5.51. The van der Waals surface area contributed by atoms with Crippen molar-refractivity contribution in [2.45, 2.75) is 46.0 Å². The van der Waals surface area contributed by atoms with Crippen molar-refractivity contribution in [3.8, 4) is 5.75 Å². The van der Waals surface area contributed by atoms with Gasteiger partial charge in [-0.3, -0.25) is 4.79 Å². The van der Waals surface area contributed by atoms with Crippen LogP contribution >= 0.6 is 0 Å². The molecule has 0 unspecified atom stereocenters. The maximum atomic E-state index is 12.4. The van der Waals surface area contributed by atoms with E-state index in [4.69, 9.17) is 4.74 Å². The lowest BCUT2D eigenvalue weighted by atomic mass is 9.77. The van der Waals surface area contributed by atoms with Crippen molar-refractivity contribution in [1.29, 1.82) is 0 Å². The first kappa shape index (κ1) is 18.9. The van der Waals surface area contributed by atoms with Gasteiger partial charge in [-0.2, -0.15) is 0 Å². The largest absolute Gasteiger partial charge is 0.496 e. The summed E-state index contributed by atoms with van der Waals surface area (Å²) in [4.78, 5) is 20.8. The maximum Gasteiger partial charge on any atom is 0.270 e. The lowest BCUT2D eigenvalue weighted by Crippen LogP contribution is -2.32. The number of nitrogens with zero attached hydrogens (tertiary/aromatic N) is 2. The van der Waals surface area contributed by atoms with E-state index in [1.165, 1.54) is 5.56 Å². The molecule has 0 radical (unpaired) electrons. The zero-order chi connectivity index (χ0) is 18.4. The SMILES string of the molecule is CC[C@@](C)(CCNC(=O)c1cc(C)nc(C)n1)c1ccccc1OC. The van der Waals surface area contributed by atoms with Gasteiger partial charge in [-0.25, -0.2) is 9.97 Å². The Morgan fingerprint density at radius 3 is 2.60 bits per heavy atom. The molecule has 134 valence electrons. The molecule has 1 N–H and O–H groups in total. The third-order valence-corrected chi connectivity index (χ3v) is 4.70. The first-order chi connectivity index (χ1) is 11.9. The summed E-state index contributed by atoms with van der Waals surface area (Å²) in [7, 11) is 1.69. The summed E-state index contributed by atoms with van der Waals surface area (Å²) in [5, 5.41) is 2.98. The number of amides is 1. The summed E-state index contributed by atoms with van der Waals surface area (Å²) in [6.45, 7) is 8.59. The molecule has 1 heterocycles. The second-order valence-corrected chi connectivity index (χ2v) is 6.56. The van der Waals surface area contributed by atoms with Gasteiger partial charge in [0.05, 0.1) is 7.11 Å². The molecule has 5 heteroatoms. The number of nitrogens with one attached hydrogen (secondary N) is 1. The Morgan fingerprint density at radius 1 is 1.24 bits per heavy atom. The number of benzene rings is 1. The Labute approximate surface area is 149 Å². The highest BCUT2D eigenvalue weighted by molar-refractivity contribution is 5.92. The molecule has 2 rings (SSSR count). The third-order valence-electron chi connectivity index (χ3n) is 4.70.